The highest BCUT2D eigenvalue weighted by molar-refractivity contribution is 5.95. The van der Waals surface area contributed by atoms with Crippen LogP contribution < -0.4 is 31.2 Å². The summed E-state index contributed by atoms with van der Waals surface area (Å²) in [5.74, 6) is 0.478. The van der Waals surface area contributed by atoms with Crippen LogP contribution in [0.3, 0.4) is 0 Å². The van der Waals surface area contributed by atoms with E-state index in [0.29, 0.717) is 32.8 Å². The van der Waals surface area contributed by atoms with Gasteiger partial charge in [-0.2, -0.15) is 0 Å². The van der Waals surface area contributed by atoms with Crippen molar-refractivity contribution in [3.8, 4) is 33.8 Å². The van der Waals surface area contributed by atoms with E-state index in [-0.39, 0.29) is 40.5 Å². The second-order valence-corrected chi connectivity index (χ2v) is 15.9. The largest absolute Gasteiger partial charge is 0.494 e. The first-order valence-corrected chi connectivity index (χ1v) is 22.9. The Hall–Kier alpha value is -6.75. The summed E-state index contributed by atoms with van der Waals surface area (Å²) < 4.78 is 27.9. The van der Waals surface area contributed by atoms with E-state index in [1.165, 1.54) is 12.1 Å². The van der Waals surface area contributed by atoms with Gasteiger partial charge in [-0.1, -0.05) is 120 Å². The van der Waals surface area contributed by atoms with Crippen LogP contribution in [-0.2, 0) is 26.2 Å². The van der Waals surface area contributed by atoms with E-state index in [1.54, 1.807) is 33.4 Å². The molecule has 10 nitrogen and oxygen atoms in total. The Morgan fingerprint density at radius 3 is 1.31 bits per heavy atom. The van der Waals surface area contributed by atoms with Gasteiger partial charge in [0, 0.05) is 38.6 Å². The van der Waals surface area contributed by atoms with E-state index < -0.39 is 5.91 Å². The zero-order chi connectivity index (χ0) is 46.4. The van der Waals surface area contributed by atoms with E-state index in [2.05, 4.69) is 38.3 Å². The fourth-order valence-electron chi connectivity index (χ4n) is 6.81. The van der Waals surface area contributed by atoms with Crippen molar-refractivity contribution < 1.29 is 23.5 Å². The third-order valence-corrected chi connectivity index (χ3v) is 10.7. The second-order valence-electron chi connectivity index (χ2n) is 15.9. The molecule has 0 radical (unpaired) electrons. The summed E-state index contributed by atoms with van der Waals surface area (Å²) in [5.41, 5.74) is 4.89. The zero-order valence-electron chi connectivity index (χ0n) is 38.2. The van der Waals surface area contributed by atoms with Crippen molar-refractivity contribution in [2.24, 2.45) is 0 Å². The minimum absolute atomic E-state index is 0.0917. The minimum atomic E-state index is -0.448. The van der Waals surface area contributed by atoms with Gasteiger partial charge in [0.05, 0.1) is 13.2 Å². The maximum atomic E-state index is 13.1. The van der Waals surface area contributed by atoms with Crippen LogP contribution in [0.25, 0.3) is 22.3 Å². The molecule has 0 saturated carbocycles. The van der Waals surface area contributed by atoms with Crippen LogP contribution in [0.15, 0.2) is 137 Å². The number of rotatable bonds is 22. The monoisotopic (exact) mass is 882 g/mol. The Kier molecular flexibility index (Phi) is 19.8. The Morgan fingerprint density at radius 2 is 0.908 bits per heavy atom. The Balaban J connectivity index is 0.000000244. The zero-order valence-corrected chi connectivity index (χ0v) is 38.2. The lowest BCUT2D eigenvalue weighted by atomic mass is 10.0. The van der Waals surface area contributed by atoms with Crippen molar-refractivity contribution in [1.29, 1.82) is 0 Å². The van der Waals surface area contributed by atoms with Gasteiger partial charge in [0.25, 0.3) is 22.9 Å². The van der Waals surface area contributed by atoms with Crippen molar-refractivity contribution >= 4 is 11.8 Å². The molecule has 0 saturated heterocycles. The number of halogens is 1. The minimum Gasteiger partial charge on any atom is -0.494 e. The van der Waals surface area contributed by atoms with E-state index >= 15 is 0 Å². The lowest BCUT2D eigenvalue weighted by molar-refractivity contribution is 0.0940. The van der Waals surface area contributed by atoms with Crippen molar-refractivity contribution in [3.63, 3.8) is 0 Å². The van der Waals surface area contributed by atoms with Crippen molar-refractivity contribution in [2.45, 2.75) is 105 Å². The standard InChI is InChI=1S/C27H31FN2O3.C27H32N2O3/c1-3-5-15-30-19-22(21-9-13-24(14-10-21)33-16-6-4-2)17-25(27(30)32)26(31)29-18-20-7-11-23(28)12-8-20;1-3-5-16-29-20-23(22-12-14-24(15-13-22)32-17-6-4-2)18-25(27(29)31)26(30)28-19-21-10-8-7-9-11-21/h7-14,17,19H,3-6,15-16,18H2,1-2H3,(H,29,31);7-15,18,20H,3-6,16-17,19H2,1-2H3,(H,28,30). The lowest BCUT2D eigenvalue weighted by Crippen LogP contribution is -2.33. The molecule has 65 heavy (non-hydrogen) atoms. The number of carbonyl (C=O) groups excluding carboxylic acids is 2. The van der Waals surface area contributed by atoms with Crippen molar-refractivity contribution in [3.05, 3.63) is 176 Å². The number of pyridine rings is 2. The van der Waals surface area contributed by atoms with Crippen LogP contribution in [0.2, 0.25) is 0 Å². The number of aryl methyl sites for hydroxylation is 2. The number of ether oxygens (including phenoxy) is 2. The van der Waals surface area contributed by atoms with E-state index in [0.717, 1.165) is 96.2 Å². The molecule has 342 valence electrons. The van der Waals surface area contributed by atoms with Crippen LogP contribution in [-0.4, -0.2) is 34.2 Å². The number of unbranched alkanes of at least 4 members (excludes halogenated alkanes) is 4. The number of nitrogens with one attached hydrogen (secondary N) is 2. The summed E-state index contributed by atoms with van der Waals surface area (Å²) in [6.45, 7) is 11.5. The number of nitrogens with zero attached hydrogens (tertiary/aromatic N) is 2. The summed E-state index contributed by atoms with van der Waals surface area (Å²) >= 11 is 0. The predicted molar refractivity (Wildman–Crippen MR) is 258 cm³/mol. The lowest BCUT2D eigenvalue weighted by Gasteiger charge is -2.13. The Morgan fingerprint density at radius 1 is 0.508 bits per heavy atom. The molecule has 2 amide bonds. The van der Waals surface area contributed by atoms with Gasteiger partial charge in [0.15, 0.2) is 0 Å². The summed E-state index contributed by atoms with van der Waals surface area (Å²) in [6.07, 6.45) is 11.5. The molecule has 2 aromatic heterocycles. The number of hydrogen-bond acceptors (Lipinski definition) is 6. The highest BCUT2D eigenvalue weighted by Crippen LogP contribution is 2.25. The molecule has 2 heterocycles. The molecule has 0 aliphatic heterocycles. The first-order chi connectivity index (χ1) is 31.6. The van der Waals surface area contributed by atoms with Gasteiger partial charge in [0.1, 0.15) is 28.4 Å². The Labute approximate surface area is 382 Å². The number of hydrogen-bond donors (Lipinski definition) is 2. The summed E-state index contributed by atoms with van der Waals surface area (Å²) in [4.78, 5) is 51.8. The van der Waals surface area contributed by atoms with Crippen LogP contribution in [0.5, 0.6) is 11.5 Å². The van der Waals surface area contributed by atoms with Gasteiger partial charge in [-0.05, 0) is 108 Å². The summed E-state index contributed by atoms with van der Waals surface area (Å²) in [7, 11) is 0. The summed E-state index contributed by atoms with van der Waals surface area (Å²) in [6, 6.07) is 34.4. The molecule has 0 aliphatic rings. The molecular formula is C54H63FN4O6. The molecule has 0 spiro atoms. The molecule has 6 rings (SSSR count). The first-order valence-electron chi connectivity index (χ1n) is 22.9. The van der Waals surface area contributed by atoms with Crippen LogP contribution >= 0.6 is 0 Å². The number of benzene rings is 4. The highest BCUT2D eigenvalue weighted by atomic mass is 19.1. The van der Waals surface area contributed by atoms with Gasteiger partial charge in [0.2, 0.25) is 0 Å². The molecule has 6 aromatic rings. The van der Waals surface area contributed by atoms with Gasteiger partial charge in [-0.15, -0.1) is 0 Å². The predicted octanol–water partition coefficient (Wildman–Crippen LogP) is 11.0. The van der Waals surface area contributed by atoms with Crippen LogP contribution in [0, 0.1) is 5.82 Å². The average molecular weight is 883 g/mol. The second kappa shape index (κ2) is 26.1. The summed E-state index contributed by atoms with van der Waals surface area (Å²) in [5, 5.41) is 5.66. The molecule has 0 bridgehead atoms. The average Bonchev–Trinajstić information content (AvgIpc) is 3.33. The molecule has 0 unspecified atom stereocenters. The highest BCUT2D eigenvalue weighted by Gasteiger charge is 2.17. The smallest absolute Gasteiger partial charge is 0.263 e. The van der Waals surface area contributed by atoms with Crippen molar-refractivity contribution in [2.75, 3.05) is 13.2 Å². The van der Waals surface area contributed by atoms with Crippen molar-refractivity contribution in [1.82, 2.24) is 19.8 Å². The fourth-order valence-corrected chi connectivity index (χ4v) is 6.81. The Bertz CT molecular complexity index is 2520. The number of amides is 2. The van der Waals surface area contributed by atoms with Gasteiger partial charge >= 0.3 is 0 Å². The third kappa shape index (κ3) is 15.2. The molecule has 11 heteroatoms. The number of carbonyl (C=O) groups is 2. The van der Waals surface area contributed by atoms with Crippen LogP contribution in [0.4, 0.5) is 4.39 Å². The van der Waals surface area contributed by atoms with E-state index in [1.807, 2.05) is 91.3 Å². The third-order valence-electron chi connectivity index (χ3n) is 10.7. The maximum Gasteiger partial charge on any atom is 0.263 e. The van der Waals surface area contributed by atoms with Gasteiger partial charge in [-0.25, -0.2) is 4.39 Å². The molecule has 4 aromatic carbocycles. The molecule has 0 aliphatic carbocycles. The van der Waals surface area contributed by atoms with Crippen LogP contribution in [0.1, 0.15) is 111 Å². The fraction of sp³-hybridized carbons (Fsp3) is 0.333. The van der Waals surface area contributed by atoms with Gasteiger partial charge < -0.3 is 29.2 Å². The topological polar surface area (TPSA) is 121 Å². The van der Waals surface area contributed by atoms with Gasteiger partial charge in [-0.3, -0.25) is 19.2 Å². The van der Waals surface area contributed by atoms with E-state index in [4.69, 9.17) is 9.47 Å². The molecule has 0 fully saturated rings. The molecular weight excluding hydrogens is 820 g/mol. The number of aromatic nitrogens is 2. The normalized spacial score (nSPS) is 10.7. The first kappa shape index (κ1) is 49.3. The molecule has 0 atom stereocenters. The quantitative estimate of drug-likeness (QED) is 0.0655. The van der Waals surface area contributed by atoms with E-state index in [9.17, 15) is 23.6 Å². The maximum absolute atomic E-state index is 13.1. The molecule has 2 N–H and O–H groups in total. The SMILES string of the molecule is CCCCOc1ccc(-c2cc(C(=O)NCc3ccc(F)cc3)c(=O)n(CCCC)c2)cc1.CCCCOc1ccc(-c2cc(C(=O)NCc3ccccc3)c(=O)n(CCCC)c2)cc1.